The van der Waals surface area contributed by atoms with Crippen molar-refractivity contribution in [1.29, 1.82) is 0 Å². The lowest BCUT2D eigenvalue weighted by Crippen LogP contribution is -2.30. The van der Waals surface area contributed by atoms with E-state index in [1.165, 1.54) is 38.5 Å². The van der Waals surface area contributed by atoms with Crippen LogP contribution in [0.2, 0.25) is 0 Å². The predicted molar refractivity (Wildman–Crippen MR) is 110 cm³/mol. The Labute approximate surface area is 172 Å². The van der Waals surface area contributed by atoms with Gasteiger partial charge in [0.25, 0.3) is 0 Å². The van der Waals surface area contributed by atoms with Gasteiger partial charge in [0.05, 0.1) is 19.1 Å². The van der Waals surface area contributed by atoms with E-state index >= 15 is 0 Å². The van der Waals surface area contributed by atoms with Crippen molar-refractivity contribution in [3.8, 4) is 11.5 Å². The second kappa shape index (κ2) is 9.57. The predicted octanol–water partition coefficient (Wildman–Crippen LogP) is 1.91. The molecule has 0 aromatic heterocycles. The van der Waals surface area contributed by atoms with Gasteiger partial charge in [-0.2, -0.15) is 0 Å². The van der Waals surface area contributed by atoms with Gasteiger partial charge in [-0.05, 0) is 50.1 Å². The van der Waals surface area contributed by atoms with E-state index in [1.807, 2.05) is 0 Å². The Morgan fingerprint density at radius 3 is 2.10 bits per heavy atom. The number of nitrogens with one attached hydrogen (secondary N) is 2. The van der Waals surface area contributed by atoms with Gasteiger partial charge in [0.1, 0.15) is 16.4 Å². The van der Waals surface area contributed by atoms with E-state index in [9.17, 15) is 16.8 Å². The van der Waals surface area contributed by atoms with Crippen LogP contribution in [0.1, 0.15) is 19.4 Å². The van der Waals surface area contributed by atoms with Crippen LogP contribution in [0.3, 0.4) is 0 Å². The number of benzene rings is 2. The molecule has 160 valence electrons. The van der Waals surface area contributed by atoms with E-state index in [0.717, 1.165) is 5.56 Å². The largest absolute Gasteiger partial charge is 0.497 e. The maximum atomic E-state index is 12.6. The molecule has 0 aliphatic rings. The van der Waals surface area contributed by atoms with Crippen LogP contribution in [0.25, 0.3) is 0 Å². The molecule has 0 aliphatic heterocycles. The van der Waals surface area contributed by atoms with Gasteiger partial charge in [0.2, 0.25) is 20.0 Å². The minimum atomic E-state index is -3.81. The summed E-state index contributed by atoms with van der Waals surface area (Å²) in [4.78, 5) is 0.150. The molecule has 0 aliphatic carbocycles. The van der Waals surface area contributed by atoms with Gasteiger partial charge in [0, 0.05) is 18.7 Å². The Morgan fingerprint density at radius 2 is 1.55 bits per heavy atom. The number of hydrogen-bond donors (Lipinski definition) is 2. The van der Waals surface area contributed by atoms with Crippen molar-refractivity contribution in [3.63, 3.8) is 0 Å². The summed E-state index contributed by atoms with van der Waals surface area (Å²) >= 11 is 0. The first kappa shape index (κ1) is 23.1. The molecule has 0 spiro atoms. The van der Waals surface area contributed by atoms with Crippen molar-refractivity contribution in [1.82, 2.24) is 9.44 Å². The van der Waals surface area contributed by atoms with Crippen LogP contribution >= 0.6 is 0 Å². The fourth-order valence-corrected chi connectivity index (χ4v) is 5.08. The molecule has 2 aromatic rings. The van der Waals surface area contributed by atoms with E-state index in [0.29, 0.717) is 12.2 Å². The second-order valence-corrected chi connectivity index (χ2v) is 10.0. The molecule has 0 heterocycles. The van der Waals surface area contributed by atoms with Crippen LogP contribution in [-0.4, -0.2) is 43.6 Å². The molecule has 8 nitrogen and oxygen atoms in total. The highest BCUT2D eigenvalue weighted by molar-refractivity contribution is 7.89. The average molecular weight is 443 g/mol. The minimum absolute atomic E-state index is 0.0134. The molecule has 29 heavy (non-hydrogen) atoms. The van der Waals surface area contributed by atoms with Crippen LogP contribution in [0.4, 0.5) is 0 Å². The van der Waals surface area contributed by atoms with E-state index < -0.39 is 20.0 Å². The molecule has 2 N–H and O–H groups in total. The van der Waals surface area contributed by atoms with Crippen molar-refractivity contribution in [2.75, 3.05) is 20.8 Å². The van der Waals surface area contributed by atoms with Gasteiger partial charge in [-0.25, -0.2) is 26.3 Å². The van der Waals surface area contributed by atoms with Crippen LogP contribution < -0.4 is 18.9 Å². The third-order valence-electron chi connectivity index (χ3n) is 3.99. The first-order valence-corrected chi connectivity index (χ1v) is 11.9. The standard InChI is InChI=1S/C19H26N2O6S2/c1-14(2)21-28(22,23)17-8-5-15(6-9-17)11-12-20-29(24,25)19-13-16(26-3)7-10-18(19)27-4/h5-10,13-14,20-21H,11-12H2,1-4H3. The Kier molecular flexibility index (Phi) is 7.64. The molecule has 0 radical (unpaired) electrons. The number of rotatable bonds is 10. The van der Waals surface area contributed by atoms with Gasteiger partial charge in [-0.3, -0.25) is 0 Å². The summed E-state index contributed by atoms with van der Waals surface area (Å²) in [7, 11) is -4.53. The Bertz CT molecular complexity index is 1030. The van der Waals surface area contributed by atoms with Gasteiger partial charge >= 0.3 is 0 Å². The van der Waals surface area contributed by atoms with Crippen molar-refractivity contribution >= 4 is 20.0 Å². The monoisotopic (exact) mass is 442 g/mol. The second-order valence-electron chi connectivity index (χ2n) is 6.58. The van der Waals surface area contributed by atoms with Gasteiger partial charge in [0.15, 0.2) is 0 Å². The van der Waals surface area contributed by atoms with Crippen molar-refractivity contribution in [3.05, 3.63) is 48.0 Å². The Morgan fingerprint density at radius 1 is 0.897 bits per heavy atom. The highest BCUT2D eigenvalue weighted by Gasteiger charge is 2.20. The minimum Gasteiger partial charge on any atom is -0.497 e. The molecule has 0 bridgehead atoms. The summed E-state index contributed by atoms with van der Waals surface area (Å²) in [6.45, 7) is 3.63. The highest BCUT2D eigenvalue weighted by atomic mass is 32.2. The summed E-state index contributed by atoms with van der Waals surface area (Å²) in [5.41, 5.74) is 0.800. The Hall–Kier alpha value is -2.14. The first-order chi connectivity index (χ1) is 13.6. The number of methoxy groups -OCH3 is 2. The van der Waals surface area contributed by atoms with Gasteiger partial charge in [-0.1, -0.05) is 12.1 Å². The van der Waals surface area contributed by atoms with Gasteiger partial charge < -0.3 is 9.47 Å². The number of sulfonamides is 2. The van der Waals surface area contributed by atoms with Crippen molar-refractivity contribution in [2.45, 2.75) is 36.1 Å². The van der Waals surface area contributed by atoms with Crippen molar-refractivity contribution in [2.24, 2.45) is 0 Å². The lowest BCUT2D eigenvalue weighted by molar-refractivity contribution is 0.392. The molecule has 0 saturated carbocycles. The zero-order chi connectivity index (χ0) is 21.7. The summed E-state index contributed by atoms with van der Waals surface area (Å²) in [6.07, 6.45) is 0.392. The maximum Gasteiger partial charge on any atom is 0.244 e. The van der Waals surface area contributed by atoms with E-state index in [-0.39, 0.29) is 28.1 Å². The van der Waals surface area contributed by atoms with Crippen LogP contribution in [0, 0.1) is 0 Å². The molecule has 2 rings (SSSR count). The topological polar surface area (TPSA) is 111 Å². The number of ether oxygens (including phenoxy) is 2. The molecule has 0 unspecified atom stereocenters. The lowest BCUT2D eigenvalue weighted by atomic mass is 10.2. The third kappa shape index (κ3) is 6.17. The van der Waals surface area contributed by atoms with E-state index in [1.54, 1.807) is 32.0 Å². The van der Waals surface area contributed by atoms with Gasteiger partial charge in [-0.15, -0.1) is 0 Å². The molecule has 2 aromatic carbocycles. The smallest absolute Gasteiger partial charge is 0.244 e. The SMILES string of the molecule is COc1ccc(OC)c(S(=O)(=O)NCCc2ccc(S(=O)(=O)NC(C)C)cc2)c1. The zero-order valence-corrected chi connectivity index (χ0v) is 18.4. The summed E-state index contributed by atoms with van der Waals surface area (Å²) in [6, 6.07) is 10.6. The maximum absolute atomic E-state index is 12.6. The molecule has 10 heteroatoms. The lowest BCUT2D eigenvalue weighted by Gasteiger charge is -2.12. The molecule has 0 saturated heterocycles. The summed E-state index contributed by atoms with van der Waals surface area (Å²) in [5.74, 6) is 0.614. The molecular formula is C19H26N2O6S2. The third-order valence-corrected chi connectivity index (χ3v) is 7.15. The number of hydrogen-bond acceptors (Lipinski definition) is 6. The Balaban J connectivity index is 2.06. The first-order valence-electron chi connectivity index (χ1n) is 8.92. The van der Waals surface area contributed by atoms with E-state index in [2.05, 4.69) is 9.44 Å². The normalized spacial score (nSPS) is 12.2. The molecule has 0 fully saturated rings. The van der Waals surface area contributed by atoms with Crippen LogP contribution in [0.15, 0.2) is 52.3 Å². The van der Waals surface area contributed by atoms with Crippen LogP contribution in [0.5, 0.6) is 11.5 Å². The quantitative estimate of drug-likeness (QED) is 0.582. The van der Waals surface area contributed by atoms with E-state index in [4.69, 9.17) is 9.47 Å². The fourth-order valence-electron chi connectivity index (χ4n) is 2.62. The van der Waals surface area contributed by atoms with Crippen molar-refractivity contribution < 1.29 is 26.3 Å². The summed E-state index contributed by atoms with van der Waals surface area (Å²) < 4.78 is 64.8. The van der Waals surface area contributed by atoms with Crippen LogP contribution in [-0.2, 0) is 26.5 Å². The zero-order valence-electron chi connectivity index (χ0n) is 16.8. The molecule has 0 amide bonds. The highest BCUT2D eigenvalue weighted by Crippen LogP contribution is 2.28. The summed E-state index contributed by atoms with van der Waals surface area (Å²) in [5, 5.41) is 0. The molecular weight excluding hydrogens is 416 g/mol. The molecule has 0 atom stereocenters. The fraction of sp³-hybridized carbons (Fsp3) is 0.368. The average Bonchev–Trinajstić information content (AvgIpc) is 2.66.